The molecule has 5 nitrogen and oxygen atoms in total. The standard InChI is InChI=1S/C19H17BrN4O/c1-13-9-15(20)7-8-16(13)24-19(25)17-10-18(23-12-22-17)21-11-14-5-3-2-4-6-14/h2-10,12H,11H2,1H3,(H,24,25)(H,21,22,23). The van der Waals surface area contributed by atoms with E-state index in [2.05, 4.69) is 36.5 Å². The second kappa shape index (κ2) is 7.90. The number of carbonyl (C=O) groups excluding carboxylic acids is 1. The van der Waals surface area contributed by atoms with Gasteiger partial charge in [-0.2, -0.15) is 0 Å². The molecule has 3 aromatic rings. The summed E-state index contributed by atoms with van der Waals surface area (Å²) >= 11 is 3.41. The van der Waals surface area contributed by atoms with Crippen molar-refractivity contribution in [1.29, 1.82) is 0 Å². The van der Waals surface area contributed by atoms with E-state index < -0.39 is 0 Å². The zero-order chi connectivity index (χ0) is 17.6. The molecular weight excluding hydrogens is 380 g/mol. The van der Waals surface area contributed by atoms with Crippen molar-refractivity contribution in [2.24, 2.45) is 0 Å². The first-order valence-corrected chi connectivity index (χ1v) is 8.58. The number of amides is 1. The Morgan fingerprint density at radius 3 is 2.64 bits per heavy atom. The predicted octanol–water partition coefficient (Wildman–Crippen LogP) is 4.41. The molecule has 1 aromatic heterocycles. The Labute approximate surface area is 154 Å². The molecule has 6 heteroatoms. The molecule has 126 valence electrons. The van der Waals surface area contributed by atoms with Gasteiger partial charge in [0.15, 0.2) is 0 Å². The second-order valence-corrected chi connectivity index (χ2v) is 6.46. The Bertz CT molecular complexity index is 884. The predicted molar refractivity (Wildman–Crippen MR) is 103 cm³/mol. The summed E-state index contributed by atoms with van der Waals surface area (Å²) in [6.07, 6.45) is 1.39. The van der Waals surface area contributed by atoms with Gasteiger partial charge in [0.05, 0.1) is 0 Å². The van der Waals surface area contributed by atoms with Crippen LogP contribution >= 0.6 is 15.9 Å². The Morgan fingerprint density at radius 2 is 1.88 bits per heavy atom. The molecule has 3 rings (SSSR count). The van der Waals surface area contributed by atoms with Gasteiger partial charge in [0.2, 0.25) is 0 Å². The van der Waals surface area contributed by atoms with Crippen LogP contribution in [0.5, 0.6) is 0 Å². The van der Waals surface area contributed by atoms with E-state index in [1.165, 1.54) is 6.33 Å². The number of hydrogen-bond acceptors (Lipinski definition) is 4. The molecule has 0 fully saturated rings. The van der Waals surface area contributed by atoms with Crippen LogP contribution in [0.4, 0.5) is 11.5 Å². The van der Waals surface area contributed by atoms with Crippen LogP contribution in [0, 0.1) is 6.92 Å². The fraction of sp³-hybridized carbons (Fsp3) is 0.105. The van der Waals surface area contributed by atoms with Crippen molar-refractivity contribution in [3.8, 4) is 0 Å². The Hall–Kier alpha value is -2.73. The van der Waals surface area contributed by atoms with Gasteiger partial charge in [-0.15, -0.1) is 0 Å². The van der Waals surface area contributed by atoms with E-state index in [0.29, 0.717) is 18.1 Å². The van der Waals surface area contributed by atoms with Gasteiger partial charge >= 0.3 is 0 Å². The molecule has 0 saturated carbocycles. The molecule has 1 heterocycles. The third-order valence-corrected chi connectivity index (χ3v) is 4.15. The number of halogens is 1. The first-order chi connectivity index (χ1) is 12.1. The van der Waals surface area contributed by atoms with Gasteiger partial charge in [-0.3, -0.25) is 4.79 Å². The average Bonchev–Trinajstić information content (AvgIpc) is 2.63. The lowest BCUT2D eigenvalue weighted by molar-refractivity contribution is 0.102. The van der Waals surface area contributed by atoms with E-state index in [9.17, 15) is 4.79 Å². The number of aryl methyl sites for hydroxylation is 1. The zero-order valence-corrected chi connectivity index (χ0v) is 15.2. The van der Waals surface area contributed by atoms with E-state index in [0.717, 1.165) is 21.3 Å². The van der Waals surface area contributed by atoms with Crippen LogP contribution in [-0.4, -0.2) is 15.9 Å². The van der Waals surface area contributed by atoms with E-state index in [4.69, 9.17) is 0 Å². The van der Waals surface area contributed by atoms with Crippen LogP contribution < -0.4 is 10.6 Å². The van der Waals surface area contributed by atoms with Gasteiger partial charge in [-0.1, -0.05) is 46.3 Å². The van der Waals surface area contributed by atoms with Crippen molar-refractivity contribution < 1.29 is 4.79 Å². The van der Waals surface area contributed by atoms with Gasteiger partial charge in [0.25, 0.3) is 5.91 Å². The van der Waals surface area contributed by atoms with E-state index in [1.54, 1.807) is 6.07 Å². The molecule has 0 bridgehead atoms. The molecule has 25 heavy (non-hydrogen) atoms. The highest BCUT2D eigenvalue weighted by atomic mass is 79.9. The van der Waals surface area contributed by atoms with Gasteiger partial charge in [-0.05, 0) is 36.2 Å². The number of rotatable bonds is 5. The van der Waals surface area contributed by atoms with Crippen LogP contribution in [0.2, 0.25) is 0 Å². The van der Waals surface area contributed by atoms with Crippen LogP contribution in [0.15, 0.2) is 65.4 Å². The van der Waals surface area contributed by atoms with E-state index in [-0.39, 0.29) is 5.91 Å². The molecule has 1 amide bonds. The SMILES string of the molecule is Cc1cc(Br)ccc1NC(=O)c1cc(NCc2ccccc2)ncn1. The van der Waals surface area contributed by atoms with Crippen molar-refractivity contribution in [2.45, 2.75) is 13.5 Å². The van der Waals surface area contributed by atoms with Crippen molar-refractivity contribution >= 4 is 33.3 Å². The number of hydrogen-bond donors (Lipinski definition) is 2. The monoisotopic (exact) mass is 396 g/mol. The summed E-state index contributed by atoms with van der Waals surface area (Å²) in [5, 5.41) is 6.08. The minimum absolute atomic E-state index is 0.268. The van der Waals surface area contributed by atoms with E-state index >= 15 is 0 Å². The first-order valence-electron chi connectivity index (χ1n) is 7.79. The van der Waals surface area contributed by atoms with Crippen molar-refractivity contribution in [1.82, 2.24) is 9.97 Å². The molecule has 0 unspecified atom stereocenters. The van der Waals surface area contributed by atoms with Crippen LogP contribution in [0.25, 0.3) is 0 Å². The summed E-state index contributed by atoms with van der Waals surface area (Å²) in [6, 6.07) is 17.3. The first kappa shape index (κ1) is 17.1. The third-order valence-electron chi connectivity index (χ3n) is 3.65. The lowest BCUT2D eigenvalue weighted by atomic mass is 10.2. The highest BCUT2D eigenvalue weighted by molar-refractivity contribution is 9.10. The lowest BCUT2D eigenvalue weighted by Gasteiger charge is -2.10. The molecule has 0 aliphatic rings. The molecule has 2 N–H and O–H groups in total. The van der Waals surface area contributed by atoms with Gasteiger partial charge in [0.1, 0.15) is 17.8 Å². The Kier molecular flexibility index (Phi) is 5.40. The molecule has 0 saturated heterocycles. The summed E-state index contributed by atoms with van der Waals surface area (Å²) in [6.45, 7) is 2.57. The topological polar surface area (TPSA) is 66.9 Å². The Morgan fingerprint density at radius 1 is 1.08 bits per heavy atom. The van der Waals surface area contributed by atoms with Gasteiger partial charge < -0.3 is 10.6 Å². The molecule has 0 aliphatic carbocycles. The van der Waals surface area contributed by atoms with Crippen LogP contribution in [0.1, 0.15) is 21.6 Å². The minimum Gasteiger partial charge on any atom is -0.366 e. The summed E-state index contributed by atoms with van der Waals surface area (Å²) in [4.78, 5) is 20.7. The number of carbonyl (C=O) groups is 1. The molecule has 2 aromatic carbocycles. The fourth-order valence-electron chi connectivity index (χ4n) is 2.32. The summed E-state index contributed by atoms with van der Waals surface area (Å²) in [5.74, 6) is 0.340. The maximum Gasteiger partial charge on any atom is 0.274 e. The number of nitrogens with one attached hydrogen (secondary N) is 2. The normalized spacial score (nSPS) is 10.3. The second-order valence-electron chi connectivity index (χ2n) is 5.54. The third kappa shape index (κ3) is 4.64. The van der Waals surface area contributed by atoms with Crippen molar-refractivity contribution in [3.05, 3.63) is 82.2 Å². The van der Waals surface area contributed by atoms with E-state index in [1.807, 2.05) is 55.5 Å². The maximum absolute atomic E-state index is 12.4. The lowest BCUT2D eigenvalue weighted by Crippen LogP contribution is -2.15. The molecule has 0 aliphatic heterocycles. The van der Waals surface area contributed by atoms with Crippen molar-refractivity contribution in [2.75, 3.05) is 10.6 Å². The molecule has 0 atom stereocenters. The summed E-state index contributed by atoms with van der Waals surface area (Å²) in [5.41, 5.74) is 3.18. The molecule has 0 spiro atoms. The quantitative estimate of drug-likeness (QED) is 0.669. The summed E-state index contributed by atoms with van der Waals surface area (Å²) < 4.78 is 0.970. The highest BCUT2D eigenvalue weighted by Gasteiger charge is 2.10. The van der Waals surface area contributed by atoms with Gasteiger partial charge in [0, 0.05) is 22.8 Å². The largest absolute Gasteiger partial charge is 0.366 e. The Balaban J connectivity index is 1.69. The molecule has 0 radical (unpaired) electrons. The zero-order valence-electron chi connectivity index (χ0n) is 13.7. The fourth-order valence-corrected chi connectivity index (χ4v) is 2.80. The number of anilines is 2. The van der Waals surface area contributed by atoms with Crippen molar-refractivity contribution in [3.63, 3.8) is 0 Å². The maximum atomic E-state index is 12.4. The smallest absolute Gasteiger partial charge is 0.274 e. The van der Waals surface area contributed by atoms with Gasteiger partial charge in [-0.25, -0.2) is 9.97 Å². The van der Waals surface area contributed by atoms with Crippen LogP contribution in [-0.2, 0) is 6.54 Å². The average molecular weight is 397 g/mol. The van der Waals surface area contributed by atoms with Crippen LogP contribution in [0.3, 0.4) is 0 Å². The summed E-state index contributed by atoms with van der Waals surface area (Å²) in [7, 11) is 0. The number of nitrogens with zero attached hydrogens (tertiary/aromatic N) is 2. The number of benzene rings is 2. The minimum atomic E-state index is -0.268. The highest BCUT2D eigenvalue weighted by Crippen LogP contribution is 2.20. The molecular formula is C19H17BrN4O. The number of aromatic nitrogens is 2.